The van der Waals surface area contributed by atoms with Gasteiger partial charge in [0.1, 0.15) is 0 Å². The molecule has 1 aliphatic carbocycles. The van der Waals surface area contributed by atoms with Gasteiger partial charge in [0.15, 0.2) is 0 Å². The van der Waals surface area contributed by atoms with Gasteiger partial charge in [0.05, 0.1) is 0 Å². The highest BCUT2D eigenvalue weighted by molar-refractivity contribution is 7.84. The quantitative estimate of drug-likeness (QED) is 0.849. The van der Waals surface area contributed by atoms with E-state index in [-0.39, 0.29) is 5.25 Å². The van der Waals surface area contributed by atoms with Crippen LogP contribution in [0, 0.1) is 0 Å². The molecule has 1 aliphatic heterocycles. The number of hydrogen-bond acceptors (Lipinski definition) is 3. The van der Waals surface area contributed by atoms with Crippen LogP contribution in [0.25, 0.3) is 0 Å². The maximum absolute atomic E-state index is 11.6. The Balaban J connectivity index is 1.98. The molecule has 3 nitrogen and oxygen atoms in total. The van der Waals surface area contributed by atoms with E-state index in [4.69, 9.17) is 0 Å². The second-order valence-corrected chi connectivity index (χ2v) is 8.11. The van der Waals surface area contributed by atoms with Crippen molar-refractivity contribution in [1.29, 1.82) is 0 Å². The maximum atomic E-state index is 11.6. The first-order valence-corrected chi connectivity index (χ1v) is 8.96. The molecule has 2 rings (SSSR count). The van der Waals surface area contributed by atoms with Crippen LogP contribution in [0.15, 0.2) is 0 Å². The molecule has 106 valence electrons. The summed E-state index contributed by atoms with van der Waals surface area (Å²) in [7, 11) is -0.706. The predicted octanol–water partition coefficient (Wildman–Crippen LogP) is 1.75. The third-order valence-corrected chi connectivity index (χ3v) is 6.05. The van der Waals surface area contributed by atoms with Crippen LogP contribution in [-0.4, -0.2) is 51.8 Å². The molecule has 0 aromatic rings. The summed E-state index contributed by atoms with van der Waals surface area (Å²) in [5, 5.41) is 4.08. The van der Waals surface area contributed by atoms with Crippen molar-refractivity contribution < 1.29 is 4.21 Å². The van der Waals surface area contributed by atoms with E-state index in [2.05, 4.69) is 24.1 Å². The van der Waals surface area contributed by atoms with Crippen LogP contribution in [-0.2, 0) is 10.8 Å². The smallest absolute Gasteiger partial charge is 0.0444 e. The Morgan fingerprint density at radius 3 is 2.67 bits per heavy atom. The van der Waals surface area contributed by atoms with Crippen molar-refractivity contribution in [3.8, 4) is 0 Å². The number of rotatable bonds is 3. The van der Waals surface area contributed by atoms with Gasteiger partial charge in [-0.1, -0.05) is 19.3 Å². The molecule has 1 N–H and O–H groups in total. The van der Waals surface area contributed by atoms with Crippen LogP contribution >= 0.6 is 0 Å². The Hall–Kier alpha value is 0.0700. The topological polar surface area (TPSA) is 32.3 Å². The molecule has 3 unspecified atom stereocenters. The van der Waals surface area contributed by atoms with E-state index in [9.17, 15) is 4.21 Å². The first-order valence-electron chi connectivity index (χ1n) is 7.34. The van der Waals surface area contributed by atoms with Crippen molar-refractivity contribution in [2.45, 2.75) is 62.8 Å². The first kappa shape index (κ1) is 14.5. The fourth-order valence-corrected chi connectivity index (χ4v) is 3.74. The zero-order valence-electron chi connectivity index (χ0n) is 12.1. The summed E-state index contributed by atoms with van der Waals surface area (Å²) >= 11 is 0. The largest absolute Gasteiger partial charge is 0.308 e. The number of hydrogen-bond donors (Lipinski definition) is 1. The van der Waals surface area contributed by atoms with Crippen LogP contribution in [0.3, 0.4) is 0 Å². The van der Waals surface area contributed by atoms with Crippen molar-refractivity contribution in [1.82, 2.24) is 10.2 Å². The van der Waals surface area contributed by atoms with E-state index < -0.39 is 10.8 Å². The lowest BCUT2D eigenvalue weighted by molar-refractivity contribution is 0.0638. The van der Waals surface area contributed by atoms with Gasteiger partial charge in [-0.05, 0) is 26.7 Å². The van der Waals surface area contributed by atoms with Crippen molar-refractivity contribution in [2.75, 3.05) is 25.9 Å². The summed E-state index contributed by atoms with van der Waals surface area (Å²) in [6.07, 6.45) is 8.59. The summed E-state index contributed by atoms with van der Waals surface area (Å²) in [6, 6.07) is 0.573. The summed E-state index contributed by atoms with van der Waals surface area (Å²) in [5.74, 6) is 0. The molecule has 0 aromatic heterocycles. The molecule has 0 bridgehead atoms. The van der Waals surface area contributed by atoms with E-state index in [1.165, 1.54) is 32.1 Å². The summed E-state index contributed by atoms with van der Waals surface area (Å²) in [5.41, 5.74) is 0.361. The van der Waals surface area contributed by atoms with E-state index in [1.54, 1.807) is 0 Å². The minimum atomic E-state index is -0.706. The highest BCUT2D eigenvalue weighted by Gasteiger charge is 2.38. The minimum absolute atomic E-state index is 0.284. The van der Waals surface area contributed by atoms with Crippen molar-refractivity contribution in [3.63, 3.8) is 0 Å². The Kier molecular flexibility index (Phi) is 4.84. The molecule has 18 heavy (non-hydrogen) atoms. The van der Waals surface area contributed by atoms with Gasteiger partial charge in [-0.15, -0.1) is 0 Å². The molecule has 0 aromatic carbocycles. The van der Waals surface area contributed by atoms with Crippen LogP contribution in [0.5, 0.6) is 0 Å². The predicted molar refractivity (Wildman–Crippen MR) is 78.4 cm³/mol. The van der Waals surface area contributed by atoms with Crippen molar-refractivity contribution >= 4 is 10.8 Å². The Morgan fingerprint density at radius 1 is 1.39 bits per heavy atom. The lowest BCUT2D eigenvalue weighted by atomic mass is 9.79. The number of piperazine rings is 1. The average Bonchev–Trinajstić information content (AvgIpc) is 2.35. The van der Waals surface area contributed by atoms with Gasteiger partial charge >= 0.3 is 0 Å². The molecule has 2 aliphatic rings. The molecular weight excluding hydrogens is 244 g/mol. The molecule has 2 fully saturated rings. The Morgan fingerprint density at radius 2 is 2.06 bits per heavy atom. The van der Waals surface area contributed by atoms with Gasteiger partial charge in [0.2, 0.25) is 0 Å². The highest BCUT2D eigenvalue weighted by atomic mass is 32.2. The van der Waals surface area contributed by atoms with Crippen LogP contribution < -0.4 is 5.32 Å². The fourth-order valence-electron chi connectivity index (χ4n) is 3.34. The molecule has 0 amide bonds. The SMILES string of the molecule is CC1CNC2(CCCCC2)CN1CC(C)S(C)=O. The molecular formula is C14H28N2OS. The monoisotopic (exact) mass is 272 g/mol. The van der Waals surface area contributed by atoms with Gasteiger partial charge in [-0.2, -0.15) is 0 Å². The first-order chi connectivity index (χ1) is 8.52. The van der Waals surface area contributed by atoms with E-state index in [1.807, 2.05) is 6.26 Å². The normalized spacial score (nSPS) is 32.3. The number of nitrogens with zero attached hydrogens (tertiary/aromatic N) is 1. The highest BCUT2D eigenvalue weighted by Crippen LogP contribution is 2.31. The lowest BCUT2D eigenvalue weighted by Gasteiger charge is -2.49. The molecule has 1 heterocycles. The fraction of sp³-hybridized carbons (Fsp3) is 1.00. The lowest BCUT2D eigenvalue weighted by Crippen LogP contribution is -2.64. The van der Waals surface area contributed by atoms with Gasteiger partial charge < -0.3 is 5.32 Å². The standard InChI is InChI=1S/C14H28N2OS/c1-12-9-15-14(7-5-4-6-8-14)11-16(12)10-13(2)18(3)17/h12-13,15H,4-11H2,1-3H3. The zero-order chi connectivity index (χ0) is 13.2. The molecule has 1 saturated carbocycles. The molecule has 4 heteroatoms. The van der Waals surface area contributed by atoms with E-state index in [0.717, 1.165) is 19.6 Å². The molecule has 1 spiro atoms. The van der Waals surface area contributed by atoms with Gasteiger partial charge in [-0.25, -0.2) is 0 Å². The van der Waals surface area contributed by atoms with E-state index in [0.29, 0.717) is 11.6 Å². The zero-order valence-corrected chi connectivity index (χ0v) is 12.9. The van der Waals surface area contributed by atoms with Gasteiger partial charge in [0, 0.05) is 53.5 Å². The summed E-state index contributed by atoms with van der Waals surface area (Å²) in [4.78, 5) is 2.56. The molecule has 0 radical (unpaired) electrons. The number of nitrogens with one attached hydrogen (secondary N) is 1. The van der Waals surface area contributed by atoms with Crippen molar-refractivity contribution in [2.24, 2.45) is 0 Å². The van der Waals surface area contributed by atoms with Crippen LogP contribution in [0.1, 0.15) is 46.0 Å². The maximum Gasteiger partial charge on any atom is 0.0444 e. The minimum Gasteiger partial charge on any atom is -0.308 e. The van der Waals surface area contributed by atoms with Crippen LogP contribution in [0.2, 0.25) is 0 Å². The second-order valence-electron chi connectivity index (χ2n) is 6.31. The van der Waals surface area contributed by atoms with Gasteiger partial charge in [0.25, 0.3) is 0 Å². The molecule has 1 saturated heterocycles. The van der Waals surface area contributed by atoms with Crippen LogP contribution in [0.4, 0.5) is 0 Å². The second kappa shape index (κ2) is 6.02. The third kappa shape index (κ3) is 3.34. The van der Waals surface area contributed by atoms with Gasteiger partial charge in [-0.3, -0.25) is 9.11 Å². The summed E-state index contributed by atoms with van der Waals surface area (Å²) in [6.45, 7) is 7.61. The third-order valence-electron chi connectivity index (χ3n) is 4.77. The van der Waals surface area contributed by atoms with E-state index >= 15 is 0 Å². The molecule has 3 atom stereocenters. The average molecular weight is 272 g/mol. The summed E-state index contributed by atoms with van der Waals surface area (Å²) < 4.78 is 11.6. The van der Waals surface area contributed by atoms with Crippen molar-refractivity contribution in [3.05, 3.63) is 0 Å². The Labute approximate surface area is 114 Å². The Bertz CT molecular complexity index is 302.